The summed E-state index contributed by atoms with van der Waals surface area (Å²) in [5.74, 6) is -0.475. The lowest BCUT2D eigenvalue weighted by Gasteiger charge is -2.13. The molecule has 1 aromatic heterocycles. The van der Waals surface area contributed by atoms with Crippen molar-refractivity contribution in [2.75, 3.05) is 47.1 Å². The molecule has 2 N–H and O–H groups in total. The molecule has 184 valence electrons. The van der Waals surface area contributed by atoms with E-state index >= 15 is 0 Å². The predicted octanol–water partition coefficient (Wildman–Crippen LogP) is 1.43. The number of nitriles is 1. The summed E-state index contributed by atoms with van der Waals surface area (Å²) in [5, 5.41) is 36.7. The van der Waals surface area contributed by atoms with Gasteiger partial charge >= 0.3 is 0 Å². The molecule has 1 aromatic carbocycles. The topological polar surface area (TPSA) is 167 Å². The van der Waals surface area contributed by atoms with Crippen LogP contribution in [0.3, 0.4) is 0 Å². The van der Waals surface area contributed by atoms with E-state index in [2.05, 4.69) is 10.2 Å². The zero-order valence-electron chi connectivity index (χ0n) is 19.1. The van der Waals surface area contributed by atoms with Crippen LogP contribution in [-0.4, -0.2) is 74.6 Å². The van der Waals surface area contributed by atoms with Crippen molar-refractivity contribution in [1.29, 1.82) is 5.26 Å². The Bertz CT molecular complexity index is 1220. The largest absolute Gasteiger partial charge is 0.493 e. The fourth-order valence-electron chi connectivity index (χ4n) is 2.81. The first-order valence-electron chi connectivity index (χ1n) is 10.2. The van der Waals surface area contributed by atoms with Crippen LogP contribution >= 0.6 is 0 Å². The van der Waals surface area contributed by atoms with Crippen molar-refractivity contribution in [1.82, 2.24) is 8.87 Å². The molecule has 13 heteroatoms. The molecule has 34 heavy (non-hydrogen) atoms. The zero-order chi connectivity index (χ0) is 25.3. The molecule has 0 aliphatic rings. The summed E-state index contributed by atoms with van der Waals surface area (Å²) in [5.41, 5.74) is -0.471. The Hall–Kier alpha value is -3.15. The minimum absolute atomic E-state index is 0.0424. The molecule has 12 nitrogen and oxygen atoms in total. The second-order valence-electron chi connectivity index (χ2n) is 7.17. The Morgan fingerprint density at radius 3 is 2.26 bits per heavy atom. The third kappa shape index (κ3) is 6.46. The van der Waals surface area contributed by atoms with Crippen molar-refractivity contribution < 1.29 is 28.1 Å². The number of ether oxygens (including phenoxy) is 2. The summed E-state index contributed by atoms with van der Waals surface area (Å²) >= 11 is 0. The van der Waals surface area contributed by atoms with Gasteiger partial charge in [0.2, 0.25) is 15.9 Å². The standard InChI is InChI=1S/C21H27N5O7S/c1-15-18(14-22)20(28)26(8-10-32-12-13-33-11-9-27)21(29)19(15)24-23-16-4-6-17(7-5-16)34(30,31)25(2)3/h4-7,27,29H,8-13H2,1-3H3/b24-23+. The number of sulfonamides is 1. The highest BCUT2D eigenvalue weighted by atomic mass is 32.2. The van der Waals surface area contributed by atoms with E-state index in [1.54, 1.807) is 0 Å². The van der Waals surface area contributed by atoms with Crippen LogP contribution in [0.15, 0.2) is 44.2 Å². The number of hydrogen-bond donors (Lipinski definition) is 2. The van der Waals surface area contributed by atoms with E-state index in [1.165, 1.54) is 45.3 Å². The van der Waals surface area contributed by atoms with Gasteiger partial charge in [0.05, 0.1) is 50.2 Å². The maximum absolute atomic E-state index is 12.6. The fraction of sp³-hybridized carbons (Fsp3) is 0.429. The van der Waals surface area contributed by atoms with Crippen LogP contribution in [0.1, 0.15) is 11.1 Å². The van der Waals surface area contributed by atoms with Crippen molar-refractivity contribution in [2.45, 2.75) is 18.4 Å². The first kappa shape index (κ1) is 27.1. The molecule has 0 saturated carbocycles. The van der Waals surface area contributed by atoms with E-state index in [9.17, 15) is 23.6 Å². The SMILES string of the molecule is Cc1c(/N=N/c2ccc(S(=O)(=O)N(C)C)cc2)c(O)n(CCOCCOCCO)c(=O)c1C#N. The second-order valence-corrected chi connectivity index (χ2v) is 9.32. The smallest absolute Gasteiger partial charge is 0.271 e. The van der Waals surface area contributed by atoms with Crippen LogP contribution in [0.5, 0.6) is 5.88 Å². The zero-order valence-corrected chi connectivity index (χ0v) is 19.9. The first-order valence-corrected chi connectivity index (χ1v) is 11.7. The van der Waals surface area contributed by atoms with Crippen LogP contribution in [-0.2, 0) is 26.0 Å². The summed E-state index contributed by atoms with van der Waals surface area (Å²) in [6.07, 6.45) is 0. The molecule has 0 atom stereocenters. The molecule has 0 bridgehead atoms. The van der Waals surface area contributed by atoms with E-state index in [-0.39, 0.29) is 61.3 Å². The Morgan fingerprint density at radius 1 is 1.09 bits per heavy atom. The first-order chi connectivity index (χ1) is 16.1. The van der Waals surface area contributed by atoms with Crippen molar-refractivity contribution in [3.8, 4) is 11.9 Å². The highest BCUT2D eigenvalue weighted by Crippen LogP contribution is 2.32. The van der Waals surface area contributed by atoms with Gasteiger partial charge in [-0.1, -0.05) is 0 Å². The molecule has 2 rings (SSSR count). The molecule has 0 unspecified atom stereocenters. The molecule has 2 aromatic rings. The van der Waals surface area contributed by atoms with E-state index in [1.807, 2.05) is 6.07 Å². The lowest BCUT2D eigenvalue weighted by molar-refractivity contribution is 0.0304. The Labute approximate surface area is 197 Å². The van der Waals surface area contributed by atoms with E-state index < -0.39 is 21.5 Å². The Balaban J connectivity index is 2.26. The van der Waals surface area contributed by atoms with Crippen LogP contribution in [0, 0.1) is 18.3 Å². The Kier molecular flexibility index (Phi) is 9.84. The summed E-state index contributed by atoms with van der Waals surface area (Å²) in [6.45, 7) is 2.06. The van der Waals surface area contributed by atoms with Gasteiger partial charge in [-0.05, 0) is 31.2 Å². The average molecular weight is 494 g/mol. The third-order valence-electron chi connectivity index (χ3n) is 4.72. The number of rotatable bonds is 12. The molecule has 0 spiro atoms. The Morgan fingerprint density at radius 2 is 1.71 bits per heavy atom. The minimum atomic E-state index is -3.60. The summed E-state index contributed by atoms with van der Waals surface area (Å²) < 4.78 is 36.8. The maximum atomic E-state index is 12.6. The molecular weight excluding hydrogens is 466 g/mol. The number of benzene rings is 1. The molecule has 0 aliphatic heterocycles. The number of nitrogens with zero attached hydrogens (tertiary/aromatic N) is 5. The van der Waals surface area contributed by atoms with Crippen LogP contribution in [0.25, 0.3) is 0 Å². The van der Waals surface area contributed by atoms with E-state index in [0.29, 0.717) is 5.69 Å². The lowest BCUT2D eigenvalue weighted by atomic mass is 10.1. The number of pyridine rings is 1. The monoisotopic (exact) mass is 493 g/mol. The third-order valence-corrected chi connectivity index (χ3v) is 6.55. The number of hydrogen-bond acceptors (Lipinski definition) is 10. The van der Waals surface area contributed by atoms with Crippen LogP contribution < -0.4 is 5.56 Å². The van der Waals surface area contributed by atoms with Gasteiger partial charge in [-0.2, -0.15) is 10.4 Å². The van der Waals surface area contributed by atoms with Crippen molar-refractivity contribution in [3.63, 3.8) is 0 Å². The van der Waals surface area contributed by atoms with Gasteiger partial charge in [-0.15, -0.1) is 5.11 Å². The lowest BCUT2D eigenvalue weighted by Crippen LogP contribution is -2.26. The summed E-state index contributed by atoms with van der Waals surface area (Å²) in [4.78, 5) is 12.7. The minimum Gasteiger partial charge on any atom is -0.493 e. The van der Waals surface area contributed by atoms with Gasteiger partial charge in [0, 0.05) is 19.7 Å². The molecular formula is C21H27N5O7S. The molecule has 1 heterocycles. The second kappa shape index (κ2) is 12.4. The highest BCUT2D eigenvalue weighted by molar-refractivity contribution is 7.89. The fourth-order valence-corrected chi connectivity index (χ4v) is 3.71. The number of aliphatic hydroxyl groups excluding tert-OH is 1. The van der Waals surface area contributed by atoms with Crippen molar-refractivity contribution in [2.24, 2.45) is 10.2 Å². The van der Waals surface area contributed by atoms with Crippen molar-refractivity contribution >= 4 is 21.4 Å². The van der Waals surface area contributed by atoms with Gasteiger partial charge in [0.1, 0.15) is 11.6 Å². The predicted molar refractivity (Wildman–Crippen MR) is 122 cm³/mol. The number of azo groups is 1. The molecule has 0 radical (unpaired) electrons. The average Bonchev–Trinajstić information content (AvgIpc) is 2.80. The van der Waals surface area contributed by atoms with Crippen molar-refractivity contribution in [3.05, 3.63) is 45.7 Å². The molecule has 0 saturated heterocycles. The van der Waals surface area contributed by atoms with Gasteiger partial charge in [-0.3, -0.25) is 9.36 Å². The van der Waals surface area contributed by atoms with Crippen LogP contribution in [0.2, 0.25) is 0 Å². The van der Waals surface area contributed by atoms with E-state index in [0.717, 1.165) is 8.87 Å². The molecule has 0 amide bonds. The number of aromatic hydroxyl groups is 1. The normalized spacial score (nSPS) is 11.9. The van der Waals surface area contributed by atoms with Crippen LogP contribution in [0.4, 0.5) is 11.4 Å². The molecule has 0 fully saturated rings. The summed E-state index contributed by atoms with van der Waals surface area (Å²) in [6, 6.07) is 7.47. The quantitative estimate of drug-likeness (QED) is 0.331. The van der Waals surface area contributed by atoms with Gasteiger partial charge in [0.15, 0.2) is 5.69 Å². The van der Waals surface area contributed by atoms with Gasteiger partial charge in [0.25, 0.3) is 5.56 Å². The number of aliphatic hydroxyl groups is 1. The van der Waals surface area contributed by atoms with Gasteiger partial charge < -0.3 is 19.7 Å². The molecule has 0 aliphatic carbocycles. The maximum Gasteiger partial charge on any atom is 0.271 e. The van der Waals surface area contributed by atoms with Gasteiger partial charge in [-0.25, -0.2) is 12.7 Å². The highest BCUT2D eigenvalue weighted by Gasteiger charge is 2.19. The number of aromatic nitrogens is 1. The summed E-state index contributed by atoms with van der Waals surface area (Å²) in [7, 11) is -0.749. The van der Waals surface area contributed by atoms with E-state index in [4.69, 9.17) is 14.6 Å².